The Morgan fingerprint density at radius 2 is 2.12 bits per heavy atom. The van der Waals surface area contributed by atoms with Crippen molar-refractivity contribution in [2.24, 2.45) is 13.0 Å². The number of carbonyl (C=O) groups excluding carboxylic acids is 1. The third kappa shape index (κ3) is 3.22. The van der Waals surface area contributed by atoms with Gasteiger partial charge in [0.05, 0.1) is 11.9 Å². The van der Waals surface area contributed by atoms with E-state index in [0.29, 0.717) is 27.8 Å². The molecule has 1 aliphatic rings. The molecule has 1 aliphatic carbocycles. The summed E-state index contributed by atoms with van der Waals surface area (Å²) in [4.78, 5) is 12.2. The number of hydrogen-bond acceptors (Lipinski definition) is 5. The number of aryl methyl sites for hydroxylation is 1. The minimum Gasteiger partial charge on any atom is -0.352 e. The lowest BCUT2D eigenvalue weighted by Crippen LogP contribution is -2.25. The van der Waals surface area contributed by atoms with Crippen LogP contribution in [0.5, 0.6) is 0 Å². The number of nitrogens with one attached hydrogen (secondary N) is 2. The molecule has 1 fully saturated rings. The van der Waals surface area contributed by atoms with Gasteiger partial charge in [0, 0.05) is 19.2 Å². The van der Waals surface area contributed by atoms with Crippen molar-refractivity contribution < 1.29 is 4.79 Å². The highest BCUT2D eigenvalue weighted by Gasteiger charge is 2.22. The van der Waals surface area contributed by atoms with Crippen LogP contribution in [0.4, 0.5) is 0 Å². The van der Waals surface area contributed by atoms with E-state index in [1.54, 1.807) is 34.6 Å². The molecule has 0 saturated heterocycles. The van der Waals surface area contributed by atoms with Crippen LogP contribution in [0, 0.1) is 10.7 Å². The molecule has 1 amide bonds. The Bertz CT molecular complexity index is 965. The van der Waals surface area contributed by atoms with Gasteiger partial charge in [0.2, 0.25) is 0 Å². The van der Waals surface area contributed by atoms with E-state index in [1.807, 2.05) is 12.1 Å². The summed E-state index contributed by atoms with van der Waals surface area (Å²) in [5.41, 5.74) is 2.04. The van der Waals surface area contributed by atoms with E-state index >= 15 is 0 Å². The highest BCUT2D eigenvalue weighted by atomic mass is 32.1. The maximum absolute atomic E-state index is 12.2. The van der Waals surface area contributed by atoms with Crippen molar-refractivity contribution in [3.63, 3.8) is 0 Å². The Balaban J connectivity index is 1.61. The lowest BCUT2D eigenvalue weighted by Gasteiger charge is -2.07. The topological polar surface area (TPSA) is 93.4 Å². The van der Waals surface area contributed by atoms with Crippen molar-refractivity contribution in [2.45, 2.75) is 12.8 Å². The van der Waals surface area contributed by atoms with Gasteiger partial charge in [-0.15, -0.1) is 5.10 Å². The summed E-state index contributed by atoms with van der Waals surface area (Å²) < 4.78 is 3.82. The molecule has 0 radical (unpaired) electrons. The quantitative estimate of drug-likeness (QED) is 0.682. The van der Waals surface area contributed by atoms with Gasteiger partial charge in [-0.05, 0) is 55.2 Å². The van der Waals surface area contributed by atoms with E-state index in [4.69, 9.17) is 12.2 Å². The average molecular weight is 355 g/mol. The molecular formula is C16H17N7OS. The number of carbonyl (C=O) groups is 1. The first-order valence-corrected chi connectivity index (χ1v) is 8.45. The fourth-order valence-electron chi connectivity index (χ4n) is 2.58. The Labute approximate surface area is 148 Å². The molecule has 2 aromatic heterocycles. The molecule has 25 heavy (non-hydrogen) atoms. The number of amides is 1. The molecule has 0 spiro atoms. The van der Waals surface area contributed by atoms with Crippen LogP contribution in [0.25, 0.3) is 17.2 Å². The summed E-state index contributed by atoms with van der Waals surface area (Å²) in [5.74, 6) is 1.18. The van der Waals surface area contributed by atoms with Gasteiger partial charge in [0.1, 0.15) is 0 Å². The standard InChI is InChI=1S/C16H17N7OS/c1-22-9-13(18-21-22)14-19-20-16(25)23(14)12-6-4-11(5-7-12)15(24)17-8-10-2-3-10/h4-7,9-10H,2-3,8H2,1H3,(H,17,24)(H,20,25). The second-order valence-electron chi connectivity index (χ2n) is 6.17. The Morgan fingerprint density at radius 1 is 1.36 bits per heavy atom. The molecule has 0 unspecified atom stereocenters. The zero-order valence-corrected chi connectivity index (χ0v) is 14.5. The van der Waals surface area contributed by atoms with Crippen molar-refractivity contribution in [2.75, 3.05) is 6.54 Å². The highest BCUT2D eigenvalue weighted by Crippen LogP contribution is 2.27. The van der Waals surface area contributed by atoms with E-state index in [-0.39, 0.29) is 5.91 Å². The van der Waals surface area contributed by atoms with Crippen LogP contribution in [-0.4, -0.2) is 42.2 Å². The predicted molar refractivity (Wildman–Crippen MR) is 93.8 cm³/mol. The lowest BCUT2D eigenvalue weighted by molar-refractivity contribution is 0.0952. The zero-order chi connectivity index (χ0) is 17.4. The van der Waals surface area contributed by atoms with E-state index in [2.05, 4.69) is 25.8 Å². The molecule has 0 aliphatic heterocycles. The lowest BCUT2D eigenvalue weighted by atomic mass is 10.2. The zero-order valence-electron chi connectivity index (χ0n) is 13.6. The number of nitrogens with zero attached hydrogens (tertiary/aromatic N) is 5. The van der Waals surface area contributed by atoms with E-state index in [1.165, 1.54) is 12.8 Å². The van der Waals surface area contributed by atoms with E-state index < -0.39 is 0 Å². The molecule has 4 rings (SSSR count). The maximum atomic E-state index is 12.2. The van der Waals surface area contributed by atoms with Gasteiger partial charge in [0.15, 0.2) is 16.3 Å². The average Bonchev–Trinajstić information content (AvgIpc) is 3.23. The Hall–Kier alpha value is -2.81. The van der Waals surface area contributed by atoms with Crippen molar-refractivity contribution >= 4 is 18.1 Å². The minimum atomic E-state index is -0.0524. The number of H-pyrrole nitrogens is 1. The first kappa shape index (κ1) is 15.7. The third-order valence-electron chi connectivity index (χ3n) is 4.14. The molecule has 128 valence electrons. The fourth-order valence-corrected chi connectivity index (χ4v) is 2.82. The molecule has 8 nitrogen and oxygen atoms in total. The van der Waals surface area contributed by atoms with Crippen molar-refractivity contribution in [3.8, 4) is 17.2 Å². The Morgan fingerprint density at radius 3 is 2.76 bits per heavy atom. The number of rotatable bonds is 5. The second-order valence-corrected chi connectivity index (χ2v) is 6.55. The molecule has 1 aromatic carbocycles. The van der Waals surface area contributed by atoms with Gasteiger partial charge in [-0.25, -0.2) is 0 Å². The van der Waals surface area contributed by atoms with Gasteiger partial charge in [-0.2, -0.15) is 5.10 Å². The van der Waals surface area contributed by atoms with Crippen LogP contribution in [0.2, 0.25) is 0 Å². The maximum Gasteiger partial charge on any atom is 0.251 e. The molecule has 3 aromatic rings. The minimum absolute atomic E-state index is 0.0524. The van der Waals surface area contributed by atoms with Crippen molar-refractivity contribution in [3.05, 3.63) is 40.8 Å². The van der Waals surface area contributed by atoms with Crippen LogP contribution >= 0.6 is 12.2 Å². The third-order valence-corrected chi connectivity index (χ3v) is 4.41. The van der Waals surface area contributed by atoms with Crippen LogP contribution in [0.15, 0.2) is 30.5 Å². The summed E-state index contributed by atoms with van der Waals surface area (Å²) in [6.07, 6.45) is 4.19. The summed E-state index contributed by atoms with van der Waals surface area (Å²) in [7, 11) is 1.79. The van der Waals surface area contributed by atoms with Crippen molar-refractivity contribution in [1.82, 2.24) is 35.1 Å². The van der Waals surface area contributed by atoms with Crippen molar-refractivity contribution in [1.29, 1.82) is 0 Å². The number of aromatic amines is 1. The van der Waals surface area contributed by atoms with Crippen LogP contribution in [0.1, 0.15) is 23.2 Å². The monoisotopic (exact) mass is 355 g/mol. The largest absolute Gasteiger partial charge is 0.352 e. The number of benzene rings is 1. The summed E-state index contributed by atoms with van der Waals surface area (Å²) in [6.45, 7) is 0.754. The predicted octanol–water partition coefficient (Wildman–Crippen LogP) is 1.87. The van der Waals surface area contributed by atoms with Crippen LogP contribution in [-0.2, 0) is 7.05 Å². The van der Waals surface area contributed by atoms with Gasteiger partial charge >= 0.3 is 0 Å². The summed E-state index contributed by atoms with van der Waals surface area (Å²) in [6, 6.07) is 7.26. The Kier molecular flexibility index (Phi) is 3.92. The molecule has 1 saturated carbocycles. The van der Waals surface area contributed by atoms with E-state index in [9.17, 15) is 4.79 Å². The normalized spacial score (nSPS) is 13.8. The summed E-state index contributed by atoms with van der Waals surface area (Å²) in [5, 5.41) is 18.0. The first-order chi connectivity index (χ1) is 12.1. The number of hydrogen-bond donors (Lipinski definition) is 2. The van der Waals surface area contributed by atoms with Gasteiger partial charge in [-0.1, -0.05) is 5.21 Å². The summed E-state index contributed by atoms with van der Waals surface area (Å²) >= 11 is 5.33. The highest BCUT2D eigenvalue weighted by molar-refractivity contribution is 7.71. The molecule has 2 N–H and O–H groups in total. The molecule has 0 atom stereocenters. The van der Waals surface area contributed by atoms with Gasteiger partial charge in [0.25, 0.3) is 5.91 Å². The van der Waals surface area contributed by atoms with E-state index in [0.717, 1.165) is 12.2 Å². The van der Waals surface area contributed by atoms with Gasteiger partial charge in [-0.3, -0.25) is 19.1 Å². The first-order valence-electron chi connectivity index (χ1n) is 8.04. The smallest absolute Gasteiger partial charge is 0.251 e. The SMILES string of the molecule is Cn1cc(-c2n[nH]c(=S)n2-c2ccc(C(=O)NCC3CC3)cc2)nn1. The molecule has 0 bridgehead atoms. The van der Waals surface area contributed by atoms with Crippen LogP contribution < -0.4 is 5.32 Å². The molecule has 9 heteroatoms. The fraction of sp³-hybridized carbons (Fsp3) is 0.312. The second kappa shape index (κ2) is 6.25. The molecular weight excluding hydrogens is 338 g/mol. The molecule has 2 heterocycles. The number of aromatic nitrogens is 6. The van der Waals surface area contributed by atoms with Crippen LogP contribution in [0.3, 0.4) is 0 Å². The van der Waals surface area contributed by atoms with Gasteiger partial charge < -0.3 is 5.32 Å².